The van der Waals surface area contributed by atoms with E-state index in [1.807, 2.05) is 12.1 Å². The molecule has 0 aliphatic rings. The van der Waals surface area contributed by atoms with Crippen LogP contribution in [0.2, 0.25) is 5.02 Å². The van der Waals surface area contributed by atoms with E-state index in [1.165, 1.54) is 0 Å². The topological polar surface area (TPSA) is 21.3 Å². The van der Waals surface area contributed by atoms with Crippen LogP contribution in [0.3, 0.4) is 0 Å². The summed E-state index contributed by atoms with van der Waals surface area (Å²) in [6.45, 7) is 9.79. The largest absolute Gasteiger partial charge is 0.497 e. The van der Waals surface area contributed by atoms with Crippen LogP contribution < -0.4 is 10.1 Å². The van der Waals surface area contributed by atoms with Crippen LogP contribution in [0, 0.1) is 5.41 Å². The molecule has 1 rings (SSSR count). The minimum absolute atomic E-state index is 0.161. The van der Waals surface area contributed by atoms with E-state index in [4.69, 9.17) is 16.3 Å². The minimum Gasteiger partial charge on any atom is -0.497 e. The Labute approximate surface area is 116 Å². The van der Waals surface area contributed by atoms with Crippen molar-refractivity contribution in [1.82, 2.24) is 5.32 Å². The van der Waals surface area contributed by atoms with Gasteiger partial charge in [-0.3, -0.25) is 0 Å². The van der Waals surface area contributed by atoms with Gasteiger partial charge in [0.25, 0.3) is 0 Å². The van der Waals surface area contributed by atoms with Gasteiger partial charge in [0.2, 0.25) is 0 Å². The third-order valence-electron chi connectivity index (χ3n) is 3.62. The molecule has 1 aromatic carbocycles. The van der Waals surface area contributed by atoms with Gasteiger partial charge in [-0.2, -0.15) is 0 Å². The second-order valence-electron chi connectivity index (χ2n) is 5.22. The third kappa shape index (κ3) is 3.39. The lowest BCUT2D eigenvalue weighted by molar-refractivity contribution is 0.237. The number of halogens is 1. The highest BCUT2D eigenvalue weighted by molar-refractivity contribution is 6.31. The quantitative estimate of drug-likeness (QED) is 0.825. The van der Waals surface area contributed by atoms with Crippen molar-refractivity contribution in [3.8, 4) is 5.75 Å². The van der Waals surface area contributed by atoms with Gasteiger partial charge in [-0.1, -0.05) is 45.4 Å². The zero-order chi connectivity index (χ0) is 13.8. The van der Waals surface area contributed by atoms with Gasteiger partial charge in [0.05, 0.1) is 7.11 Å². The van der Waals surface area contributed by atoms with Crippen LogP contribution in [-0.2, 0) is 0 Å². The number of ether oxygens (including phenoxy) is 1. The van der Waals surface area contributed by atoms with E-state index in [2.05, 4.69) is 39.1 Å². The van der Waals surface area contributed by atoms with Crippen LogP contribution in [-0.4, -0.2) is 13.7 Å². The minimum atomic E-state index is 0.161. The molecule has 1 aromatic rings. The first-order valence-electron chi connectivity index (χ1n) is 6.53. The molecule has 0 aliphatic carbocycles. The lowest BCUT2D eigenvalue weighted by Gasteiger charge is -2.35. The third-order valence-corrected chi connectivity index (χ3v) is 3.95. The highest BCUT2D eigenvalue weighted by atomic mass is 35.5. The Morgan fingerprint density at radius 1 is 1.33 bits per heavy atom. The molecule has 0 saturated carbocycles. The summed E-state index contributed by atoms with van der Waals surface area (Å²) in [7, 11) is 1.66. The van der Waals surface area contributed by atoms with Gasteiger partial charge >= 0.3 is 0 Å². The summed E-state index contributed by atoms with van der Waals surface area (Å²) in [4.78, 5) is 0. The molecule has 0 aliphatic heterocycles. The SMILES string of the molecule is CCNC(c1ccc(OC)cc1Cl)C(C)(C)CC. The van der Waals surface area contributed by atoms with Gasteiger partial charge in [0.15, 0.2) is 0 Å². The second-order valence-corrected chi connectivity index (χ2v) is 5.63. The summed E-state index contributed by atoms with van der Waals surface area (Å²) >= 11 is 6.38. The van der Waals surface area contributed by atoms with Crippen LogP contribution >= 0.6 is 11.6 Å². The summed E-state index contributed by atoms with van der Waals surface area (Å²) in [5.41, 5.74) is 1.31. The average molecular weight is 270 g/mol. The van der Waals surface area contributed by atoms with Gasteiger partial charge in [0, 0.05) is 11.1 Å². The Balaban J connectivity index is 3.13. The zero-order valence-corrected chi connectivity index (χ0v) is 12.8. The molecule has 2 nitrogen and oxygen atoms in total. The Kier molecular flexibility index (Phi) is 5.48. The molecule has 0 heterocycles. The first kappa shape index (κ1) is 15.3. The van der Waals surface area contributed by atoms with Gasteiger partial charge in [-0.15, -0.1) is 0 Å². The molecule has 1 atom stereocenters. The normalized spacial score (nSPS) is 13.4. The van der Waals surface area contributed by atoms with Crippen molar-refractivity contribution in [2.45, 2.75) is 40.2 Å². The van der Waals surface area contributed by atoms with Gasteiger partial charge in [-0.05, 0) is 36.1 Å². The van der Waals surface area contributed by atoms with Crippen LogP contribution in [0.15, 0.2) is 18.2 Å². The molecular weight excluding hydrogens is 246 g/mol. The summed E-state index contributed by atoms with van der Waals surface area (Å²) in [5.74, 6) is 0.799. The predicted molar refractivity (Wildman–Crippen MR) is 78.5 cm³/mol. The molecule has 3 heteroatoms. The molecule has 0 fully saturated rings. The number of rotatable bonds is 6. The molecule has 0 radical (unpaired) electrons. The maximum Gasteiger partial charge on any atom is 0.120 e. The number of hydrogen-bond donors (Lipinski definition) is 1. The van der Waals surface area contributed by atoms with E-state index in [9.17, 15) is 0 Å². The number of benzene rings is 1. The summed E-state index contributed by atoms with van der Waals surface area (Å²) in [5, 5.41) is 4.31. The van der Waals surface area contributed by atoms with E-state index in [-0.39, 0.29) is 11.5 Å². The second kappa shape index (κ2) is 6.44. The van der Waals surface area contributed by atoms with Crippen LogP contribution in [0.25, 0.3) is 0 Å². The Hall–Kier alpha value is -0.730. The van der Waals surface area contributed by atoms with Crippen molar-refractivity contribution < 1.29 is 4.74 Å². The van der Waals surface area contributed by atoms with Crippen LogP contribution in [0.1, 0.15) is 45.7 Å². The standard InChI is InChI=1S/C15H24ClNO/c1-6-15(3,4)14(17-7-2)12-9-8-11(18-5)10-13(12)16/h8-10,14,17H,6-7H2,1-5H3. The van der Waals surface area contributed by atoms with Crippen molar-refractivity contribution in [2.24, 2.45) is 5.41 Å². The summed E-state index contributed by atoms with van der Waals surface area (Å²) in [6.07, 6.45) is 1.09. The lowest BCUT2D eigenvalue weighted by atomic mass is 9.78. The molecule has 0 saturated heterocycles. The number of hydrogen-bond acceptors (Lipinski definition) is 2. The van der Waals surface area contributed by atoms with E-state index < -0.39 is 0 Å². The van der Waals surface area contributed by atoms with Crippen molar-refractivity contribution in [3.63, 3.8) is 0 Å². The maximum absolute atomic E-state index is 6.38. The number of methoxy groups -OCH3 is 1. The Morgan fingerprint density at radius 3 is 2.44 bits per heavy atom. The molecule has 1 N–H and O–H groups in total. The first-order valence-corrected chi connectivity index (χ1v) is 6.90. The fraction of sp³-hybridized carbons (Fsp3) is 0.600. The Bertz CT molecular complexity index is 390. The van der Waals surface area contributed by atoms with Gasteiger partial charge in [-0.25, -0.2) is 0 Å². The predicted octanol–water partition coefficient (Wildman–Crippen LogP) is 4.44. The highest BCUT2D eigenvalue weighted by Crippen LogP contribution is 2.39. The van der Waals surface area contributed by atoms with Crippen molar-refractivity contribution in [2.75, 3.05) is 13.7 Å². The van der Waals surface area contributed by atoms with Crippen LogP contribution in [0.4, 0.5) is 0 Å². The maximum atomic E-state index is 6.38. The average Bonchev–Trinajstić information content (AvgIpc) is 2.36. The summed E-state index contributed by atoms with van der Waals surface area (Å²) in [6, 6.07) is 6.17. The van der Waals surface area contributed by atoms with E-state index in [0.29, 0.717) is 0 Å². The van der Waals surface area contributed by atoms with Crippen molar-refractivity contribution in [3.05, 3.63) is 28.8 Å². The molecular formula is C15H24ClNO. The molecule has 0 amide bonds. The van der Waals surface area contributed by atoms with E-state index >= 15 is 0 Å². The number of nitrogens with one attached hydrogen (secondary N) is 1. The van der Waals surface area contributed by atoms with Crippen LogP contribution in [0.5, 0.6) is 5.75 Å². The molecule has 18 heavy (non-hydrogen) atoms. The van der Waals surface area contributed by atoms with Crippen molar-refractivity contribution in [1.29, 1.82) is 0 Å². The fourth-order valence-electron chi connectivity index (χ4n) is 2.08. The fourth-order valence-corrected chi connectivity index (χ4v) is 2.36. The molecule has 1 unspecified atom stereocenters. The van der Waals surface area contributed by atoms with Gasteiger partial charge in [0.1, 0.15) is 5.75 Å². The summed E-state index contributed by atoms with van der Waals surface area (Å²) < 4.78 is 5.20. The lowest BCUT2D eigenvalue weighted by Crippen LogP contribution is -2.34. The smallest absolute Gasteiger partial charge is 0.120 e. The Morgan fingerprint density at radius 2 is 2.00 bits per heavy atom. The van der Waals surface area contributed by atoms with Gasteiger partial charge < -0.3 is 10.1 Å². The monoisotopic (exact) mass is 269 g/mol. The molecule has 0 aromatic heterocycles. The van der Waals surface area contributed by atoms with Crippen molar-refractivity contribution >= 4 is 11.6 Å². The highest BCUT2D eigenvalue weighted by Gasteiger charge is 2.29. The zero-order valence-electron chi connectivity index (χ0n) is 12.0. The first-order chi connectivity index (χ1) is 8.46. The van der Waals surface area contributed by atoms with E-state index in [1.54, 1.807) is 7.11 Å². The molecule has 0 spiro atoms. The van der Waals surface area contributed by atoms with E-state index in [0.717, 1.165) is 29.3 Å². The molecule has 0 bridgehead atoms. The molecule has 102 valence electrons.